The quantitative estimate of drug-likeness (QED) is 0.821. The van der Waals surface area contributed by atoms with Crippen LogP contribution >= 0.6 is 23.2 Å². The molecular weight excluding hydrogens is 375 g/mol. The van der Waals surface area contributed by atoms with Crippen LogP contribution in [0.5, 0.6) is 0 Å². The number of aliphatic hydroxyl groups is 1. The topological polar surface area (TPSA) is 86.7 Å². The maximum Gasteiger partial charge on any atom is 0.322 e. The summed E-state index contributed by atoms with van der Waals surface area (Å²) < 4.78 is 23.2. The van der Waals surface area contributed by atoms with Gasteiger partial charge in [0, 0.05) is 18.3 Å². The molecular formula is C15H20Cl2N2O4S. The first-order valence-corrected chi connectivity index (χ1v) is 10.2. The number of hydrogen-bond acceptors (Lipinski definition) is 4. The fourth-order valence-electron chi connectivity index (χ4n) is 2.64. The molecule has 0 radical (unpaired) electrons. The van der Waals surface area contributed by atoms with Crippen LogP contribution in [-0.4, -0.2) is 54.7 Å². The Morgan fingerprint density at radius 3 is 2.50 bits per heavy atom. The molecule has 6 nitrogen and oxygen atoms in total. The Morgan fingerprint density at radius 2 is 1.96 bits per heavy atom. The van der Waals surface area contributed by atoms with Gasteiger partial charge in [-0.05, 0) is 38.0 Å². The van der Waals surface area contributed by atoms with Crippen molar-refractivity contribution < 1.29 is 18.3 Å². The summed E-state index contributed by atoms with van der Waals surface area (Å²) >= 11 is 11.8. The summed E-state index contributed by atoms with van der Waals surface area (Å²) in [5.74, 6) is 0.0993. The largest absolute Gasteiger partial charge is 0.392 e. The number of benzene rings is 1. The molecule has 0 saturated carbocycles. The number of aliphatic hydroxyl groups excluding tert-OH is 1. The van der Waals surface area contributed by atoms with Crippen LogP contribution in [0, 0.1) is 0 Å². The number of rotatable bonds is 4. The smallest absolute Gasteiger partial charge is 0.322 e. The number of sulfone groups is 1. The van der Waals surface area contributed by atoms with Crippen LogP contribution in [0.2, 0.25) is 10.0 Å². The van der Waals surface area contributed by atoms with Crippen molar-refractivity contribution in [3.05, 3.63) is 28.2 Å². The molecule has 0 bridgehead atoms. The Morgan fingerprint density at radius 1 is 1.33 bits per heavy atom. The Bertz CT molecular complexity index is 695. The predicted octanol–water partition coefficient (Wildman–Crippen LogP) is 2.79. The van der Waals surface area contributed by atoms with E-state index in [0.29, 0.717) is 28.6 Å². The molecule has 2 N–H and O–H groups in total. The number of amides is 2. The zero-order valence-electron chi connectivity index (χ0n) is 13.2. The molecule has 1 aliphatic rings. The molecule has 9 heteroatoms. The number of carbonyl (C=O) groups excluding carboxylic acids is 1. The van der Waals surface area contributed by atoms with Crippen molar-refractivity contribution in [1.82, 2.24) is 4.90 Å². The van der Waals surface area contributed by atoms with Gasteiger partial charge in [-0.1, -0.05) is 23.2 Å². The molecule has 1 unspecified atom stereocenters. The molecule has 1 aromatic rings. The minimum Gasteiger partial charge on any atom is -0.392 e. The van der Waals surface area contributed by atoms with Crippen molar-refractivity contribution in [2.75, 3.05) is 23.4 Å². The summed E-state index contributed by atoms with van der Waals surface area (Å²) in [6.07, 6.45) is 0.0105. The minimum absolute atomic E-state index is 0.0496. The molecule has 1 aliphatic heterocycles. The van der Waals surface area contributed by atoms with Gasteiger partial charge in [0.15, 0.2) is 0 Å². The second-order valence-corrected chi connectivity index (χ2v) is 9.06. The van der Waals surface area contributed by atoms with Crippen LogP contribution in [0.4, 0.5) is 10.5 Å². The highest BCUT2D eigenvalue weighted by molar-refractivity contribution is 7.91. The lowest BCUT2D eigenvalue weighted by molar-refractivity contribution is 0.114. The summed E-state index contributed by atoms with van der Waals surface area (Å²) in [4.78, 5) is 14.1. The first-order chi connectivity index (χ1) is 11.2. The second-order valence-electron chi connectivity index (χ2n) is 5.94. The van der Waals surface area contributed by atoms with Crippen molar-refractivity contribution in [2.24, 2.45) is 0 Å². The van der Waals surface area contributed by atoms with Crippen LogP contribution < -0.4 is 5.32 Å². The lowest BCUT2D eigenvalue weighted by Gasteiger charge is -2.35. The average Bonchev–Trinajstić information content (AvgIpc) is 2.49. The maximum atomic E-state index is 12.6. The summed E-state index contributed by atoms with van der Waals surface area (Å²) in [7, 11) is -3.03. The number of nitrogens with one attached hydrogen (secondary N) is 1. The first kappa shape index (κ1) is 19.3. The van der Waals surface area contributed by atoms with E-state index >= 15 is 0 Å². The molecule has 1 atom stereocenters. The average molecular weight is 395 g/mol. The van der Waals surface area contributed by atoms with Crippen molar-refractivity contribution in [2.45, 2.75) is 31.9 Å². The van der Waals surface area contributed by atoms with E-state index in [1.54, 1.807) is 19.1 Å². The highest BCUT2D eigenvalue weighted by atomic mass is 35.5. The fourth-order valence-corrected chi connectivity index (χ4v) is 4.41. The molecule has 24 heavy (non-hydrogen) atoms. The SMILES string of the molecule is CC(O)CN(C(=O)Nc1ccc(Cl)c(Cl)c1)C1CCS(=O)(=O)CC1. The standard InChI is InChI=1S/C15H20Cl2N2O4S/c1-10(20)9-19(12-4-6-24(22,23)7-5-12)15(21)18-11-2-3-13(16)14(17)8-11/h2-3,8,10,12,20H,4-7,9H2,1H3,(H,18,21). The van der Waals surface area contributed by atoms with E-state index in [4.69, 9.17) is 23.2 Å². The van der Waals surface area contributed by atoms with Crippen molar-refractivity contribution in [1.29, 1.82) is 0 Å². The van der Waals surface area contributed by atoms with E-state index in [1.165, 1.54) is 11.0 Å². The number of halogens is 2. The summed E-state index contributed by atoms with van der Waals surface area (Å²) in [6.45, 7) is 1.71. The highest BCUT2D eigenvalue weighted by Crippen LogP contribution is 2.26. The maximum absolute atomic E-state index is 12.6. The molecule has 2 rings (SSSR count). The van der Waals surface area contributed by atoms with E-state index in [1.807, 2.05) is 0 Å². The van der Waals surface area contributed by atoms with Gasteiger partial charge >= 0.3 is 6.03 Å². The second kappa shape index (κ2) is 7.91. The number of urea groups is 1. The lowest BCUT2D eigenvalue weighted by atomic mass is 10.1. The Labute approximate surface area is 151 Å². The number of nitrogens with zero attached hydrogens (tertiary/aromatic N) is 1. The van der Waals surface area contributed by atoms with Crippen molar-refractivity contribution in [3.63, 3.8) is 0 Å². The third-order valence-corrected chi connectivity index (χ3v) is 6.31. The third-order valence-electron chi connectivity index (χ3n) is 3.86. The fraction of sp³-hybridized carbons (Fsp3) is 0.533. The third kappa shape index (κ3) is 5.24. The molecule has 0 aliphatic carbocycles. The van der Waals surface area contributed by atoms with Crippen LogP contribution in [0.1, 0.15) is 19.8 Å². The summed E-state index contributed by atoms with van der Waals surface area (Å²) in [6, 6.07) is 4.10. The number of hydrogen-bond donors (Lipinski definition) is 2. The highest BCUT2D eigenvalue weighted by Gasteiger charge is 2.31. The molecule has 0 spiro atoms. The Balaban J connectivity index is 2.11. The van der Waals surface area contributed by atoms with E-state index in [-0.39, 0.29) is 24.1 Å². The van der Waals surface area contributed by atoms with E-state index in [2.05, 4.69) is 5.32 Å². The van der Waals surface area contributed by atoms with Gasteiger partial charge in [0.05, 0.1) is 27.7 Å². The van der Waals surface area contributed by atoms with Gasteiger partial charge in [-0.2, -0.15) is 0 Å². The van der Waals surface area contributed by atoms with Gasteiger partial charge in [0.2, 0.25) is 0 Å². The molecule has 2 amide bonds. The zero-order chi connectivity index (χ0) is 17.9. The monoisotopic (exact) mass is 394 g/mol. The van der Waals surface area contributed by atoms with Crippen LogP contribution in [-0.2, 0) is 9.84 Å². The van der Waals surface area contributed by atoms with Gasteiger partial charge in [-0.15, -0.1) is 0 Å². The van der Waals surface area contributed by atoms with E-state index in [9.17, 15) is 18.3 Å². The number of carbonyl (C=O) groups is 1. The van der Waals surface area contributed by atoms with Crippen LogP contribution in [0.15, 0.2) is 18.2 Å². The Hall–Kier alpha value is -1.02. The van der Waals surface area contributed by atoms with Gasteiger partial charge < -0.3 is 15.3 Å². The van der Waals surface area contributed by atoms with Gasteiger partial charge in [-0.3, -0.25) is 0 Å². The molecule has 1 fully saturated rings. The molecule has 134 valence electrons. The minimum atomic E-state index is -3.03. The van der Waals surface area contributed by atoms with Crippen LogP contribution in [0.3, 0.4) is 0 Å². The summed E-state index contributed by atoms with van der Waals surface area (Å²) in [5.41, 5.74) is 0.480. The van der Waals surface area contributed by atoms with Crippen molar-refractivity contribution in [3.8, 4) is 0 Å². The predicted molar refractivity (Wildman–Crippen MR) is 95.5 cm³/mol. The van der Waals surface area contributed by atoms with Crippen LogP contribution in [0.25, 0.3) is 0 Å². The van der Waals surface area contributed by atoms with E-state index < -0.39 is 22.0 Å². The molecule has 1 aromatic carbocycles. The van der Waals surface area contributed by atoms with Gasteiger partial charge in [0.1, 0.15) is 9.84 Å². The molecule has 1 heterocycles. The first-order valence-electron chi connectivity index (χ1n) is 7.59. The van der Waals surface area contributed by atoms with E-state index in [0.717, 1.165) is 0 Å². The summed E-state index contributed by atoms with van der Waals surface area (Å²) in [5, 5.41) is 13.1. The van der Waals surface area contributed by atoms with Gasteiger partial charge in [0.25, 0.3) is 0 Å². The van der Waals surface area contributed by atoms with Gasteiger partial charge in [-0.25, -0.2) is 13.2 Å². The van der Waals surface area contributed by atoms with Crippen molar-refractivity contribution >= 4 is 44.8 Å². The molecule has 0 aromatic heterocycles. The number of anilines is 1. The normalized spacial score (nSPS) is 18.8. The lowest BCUT2D eigenvalue weighted by Crippen LogP contribution is -2.49. The molecule has 1 saturated heterocycles. The zero-order valence-corrected chi connectivity index (χ0v) is 15.5. The Kier molecular flexibility index (Phi) is 6.36.